The van der Waals surface area contributed by atoms with Crippen LogP contribution in [-0.2, 0) is 14.3 Å². The Morgan fingerprint density at radius 2 is 2.24 bits per heavy atom. The summed E-state index contributed by atoms with van der Waals surface area (Å²) in [6.45, 7) is 1.41. The van der Waals surface area contributed by atoms with E-state index in [0.717, 1.165) is 0 Å². The van der Waals surface area contributed by atoms with Gasteiger partial charge >= 0.3 is 0 Å². The summed E-state index contributed by atoms with van der Waals surface area (Å²) in [4.78, 5) is 22.1. The molecule has 17 heavy (non-hydrogen) atoms. The van der Waals surface area contributed by atoms with E-state index in [1.165, 1.54) is 19.1 Å². The fourth-order valence-corrected chi connectivity index (χ4v) is 1.42. The molecule has 1 atom stereocenters. The molecule has 0 saturated heterocycles. The lowest BCUT2D eigenvalue weighted by Crippen LogP contribution is -2.03. The summed E-state index contributed by atoms with van der Waals surface area (Å²) in [5, 5.41) is 0. The number of carbonyl (C=O) groups is 2. The van der Waals surface area contributed by atoms with Crippen LogP contribution in [0, 0.1) is 0 Å². The van der Waals surface area contributed by atoms with E-state index in [9.17, 15) is 9.59 Å². The molecule has 0 aromatic carbocycles. The first-order chi connectivity index (χ1) is 8.13. The second-order valence-corrected chi connectivity index (χ2v) is 3.69. The van der Waals surface area contributed by atoms with Crippen LogP contribution in [0.3, 0.4) is 0 Å². The van der Waals surface area contributed by atoms with Gasteiger partial charge in [-0.05, 0) is 37.6 Å². The molecule has 4 heteroatoms. The largest absolute Gasteiger partial charge is 0.467 e. The maximum Gasteiger partial charge on any atom is 0.155 e. The summed E-state index contributed by atoms with van der Waals surface area (Å²) < 4.78 is 10.4. The first kappa shape index (κ1) is 13.4. The van der Waals surface area contributed by atoms with Gasteiger partial charge in [0.1, 0.15) is 11.9 Å². The maximum absolute atomic E-state index is 11.4. The highest BCUT2D eigenvalue weighted by molar-refractivity contribution is 5.97. The van der Waals surface area contributed by atoms with Gasteiger partial charge in [0.15, 0.2) is 11.6 Å². The van der Waals surface area contributed by atoms with Gasteiger partial charge in [-0.25, -0.2) is 0 Å². The number of hydrogen-bond donors (Lipinski definition) is 0. The summed E-state index contributed by atoms with van der Waals surface area (Å²) in [7, 11) is 1.57. The van der Waals surface area contributed by atoms with Crippen LogP contribution in [0.25, 0.3) is 0 Å². The van der Waals surface area contributed by atoms with Crippen molar-refractivity contribution in [2.75, 3.05) is 7.11 Å². The van der Waals surface area contributed by atoms with E-state index >= 15 is 0 Å². The van der Waals surface area contributed by atoms with Crippen LogP contribution in [0.1, 0.15) is 31.6 Å². The quantitative estimate of drug-likeness (QED) is 0.682. The lowest BCUT2D eigenvalue weighted by atomic mass is 10.1. The first-order valence-electron chi connectivity index (χ1n) is 5.41. The van der Waals surface area contributed by atoms with Crippen molar-refractivity contribution in [2.45, 2.75) is 25.9 Å². The number of rotatable bonds is 7. The number of carbonyl (C=O) groups excluding carboxylic acids is 2. The van der Waals surface area contributed by atoms with Gasteiger partial charge in [0.25, 0.3) is 0 Å². The second kappa shape index (κ2) is 6.81. The number of allylic oxidation sites excluding steroid dienone is 2. The molecule has 0 fully saturated rings. The van der Waals surface area contributed by atoms with E-state index in [2.05, 4.69) is 0 Å². The summed E-state index contributed by atoms with van der Waals surface area (Å²) in [6.07, 6.45) is 4.78. The lowest BCUT2D eigenvalue weighted by molar-refractivity contribution is -0.116. The normalized spacial score (nSPS) is 12.8. The number of ether oxygens (including phenoxy) is 1. The highest BCUT2D eigenvalue weighted by Crippen LogP contribution is 2.22. The van der Waals surface area contributed by atoms with Gasteiger partial charge in [0, 0.05) is 13.5 Å². The standard InChI is InChI=1S/C13H16O4/c1-10(14)5-6-11(15)7-8-12(16-2)13-4-3-9-17-13/h3-6,9,12H,7-8H2,1-2H3/b6-5+. The zero-order valence-electron chi connectivity index (χ0n) is 10.0. The molecule has 1 rings (SSSR count). The number of hydrogen-bond acceptors (Lipinski definition) is 4. The Bertz CT molecular complexity index is 390. The predicted octanol–water partition coefficient (Wildman–Crippen LogP) is 2.46. The van der Waals surface area contributed by atoms with Crippen LogP contribution in [-0.4, -0.2) is 18.7 Å². The molecule has 0 saturated carbocycles. The molecule has 0 spiro atoms. The van der Waals surface area contributed by atoms with Crippen molar-refractivity contribution in [2.24, 2.45) is 0 Å². The fourth-order valence-electron chi connectivity index (χ4n) is 1.42. The average Bonchev–Trinajstić information content (AvgIpc) is 2.81. The van der Waals surface area contributed by atoms with Gasteiger partial charge in [-0.3, -0.25) is 9.59 Å². The smallest absolute Gasteiger partial charge is 0.155 e. The highest BCUT2D eigenvalue weighted by Gasteiger charge is 2.14. The van der Waals surface area contributed by atoms with Crippen molar-refractivity contribution in [3.63, 3.8) is 0 Å². The lowest BCUT2D eigenvalue weighted by Gasteiger charge is -2.11. The van der Waals surface area contributed by atoms with Crippen LogP contribution >= 0.6 is 0 Å². The van der Waals surface area contributed by atoms with Gasteiger partial charge < -0.3 is 9.15 Å². The summed E-state index contributed by atoms with van der Waals surface area (Å²) in [6, 6.07) is 3.59. The molecule has 0 amide bonds. The topological polar surface area (TPSA) is 56.5 Å². The Kier molecular flexibility index (Phi) is 5.36. The minimum atomic E-state index is -0.223. The van der Waals surface area contributed by atoms with E-state index in [1.807, 2.05) is 6.07 Å². The molecule has 0 aliphatic heterocycles. The fraction of sp³-hybridized carbons (Fsp3) is 0.385. The van der Waals surface area contributed by atoms with Crippen LogP contribution in [0.5, 0.6) is 0 Å². The first-order valence-corrected chi connectivity index (χ1v) is 5.41. The van der Waals surface area contributed by atoms with Gasteiger partial charge in [0.2, 0.25) is 0 Å². The molecule has 4 nitrogen and oxygen atoms in total. The van der Waals surface area contributed by atoms with E-state index in [1.54, 1.807) is 19.4 Å². The highest BCUT2D eigenvalue weighted by atomic mass is 16.5. The number of methoxy groups -OCH3 is 1. The predicted molar refractivity (Wildman–Crippen MR) is 62.5 cm³/mol. The average molecular weight is 236 g/mol. The monoisotopic (exact) mass is 236 g/mol. The van der Waals surface area contributed by atoms with Crippen molar-refractivity contribution in [1.29, 1.82) is 0 Å². The van der Waals surface area contributed by atoms with Crippen molar-refractivity contribution in [1.82, 2.24) is 0 Å². The zero-order chi connectivity index (χ0) is 12.7. The van der Waals surface area contributed by atoms with Gasteiger partial charge in [-0.2, -0.15) is 0 Å². The van der Waals surface area contributed by atoms with Crippen LogP contribution in [0.2, 0.25) is 0 Å². The van der Waals surface area contributed by atoms with Crippen LogP contribution < -0.4 is 0 Å². The van der Waals surface area contributed by atoms with E-state index in [4.69, 9.17) is 9.15 Å². The van der Waals surface area contributed by atoms with Crippen molar-refractivity contribution >= 4 is 11.6 Å². The third-order valence-electron chi connectivity index (χ3n) is 2.30. The summed E-state index contributed by atoms with van der Waals surface area (Å²) in [5.74, 6) is 0.484. The van der Waals surface area contributed by atoms with E-state index < -0.39 is 0 Å². The molecule has 0 aliphatic carbocycles. The summed E-state index contributed by atoms with van der Waals surface area (Å²) in [5.41, 5.74) is 0. The van der Waals surface area contributed by atoms with Crippen LogP contribution in [0.4, 0.5) is 0 Å². The Morgan fingerprint density at radius 3 is 2.76 bits per heavy atom. The number of ketones is 2. The SMILES string of the molecule is COC(CCC(=O)/C=C/C(C)=O)c1ccco1. The Labute approximate surface area is 100 Å². The molecule has 0 aliphatic rings. The Balaban J connectivity index is 2.43. The van der Waals surface area contributed by atoms with E-state index in [-0.39, 0.29) is 17.7 Å². The molecule has 1 unspecified atom stereocenters. The third-order valence-corrected chi connectivity index (χ3v) is 2.30. The minimum Gasteiger partial charge on any atom is -0.467 e. The molecule has 1 aromatic heterocycles. The Hall–Kier alpha value is -1.68. The zero-order valence-corrected chi connectivity index (χ0v) is 10.0. The van der Waals surface area contributed by atoms with Gasteiger partial charge in [0.05, 0.1) is 6.26 Å². The minimum absolute atomic E-state index is 0.0891. The molecule has 0 bridgehead atoms. The van der Waals surface area contributed by atoms with Crippen molar-refractivity contribution in [3.05, 3.63) is 36.3 Å². The van der Waals surface area contributed by atoms with E-state index in [0.29, 0.717) is 18.6 Å². The second-order valence-electron chi connectivity index (χ2n) is 3.69. The molecular formula is C13H16O4. The summed E-state index contributed by atoms with van der Waals surface area (Å²) >= 11 is 0. The van der Waals surface area contributed by atoms with Crippen molar-refractivity contribution < 1.29 is 18.7 Å². The van der Waals surface area contributed by atoms with Crippen molar-refractivity contribution in [3.8, 4) is 0 Å². The maximum atomic E-state index is 11.4. The molecule has 0 radical (unpaired) electrons. The molecule has 1 heterocycles. The van der Waals surface area contributed by atoms with Gasteiger partial charge in [-0.15, -0.1) is 0 Å². The molecule has 1 aromatic rings. The number of furan rings is 1. The molecule has 92 valence electrons. The molecule has 0 N–H and O–H groups in total. The van der Waals surface area contributed by atoms with Gasteiger partial charge in [-0.1, -0.05) is 0 Å². The Morgan fingerprint density at radius 1 is 1.47 bits per heavy atom. The molecular weight excluding hydrogens is 220 g/mol. The third kappa shape index (κ3) is 4.78. The van der Waals surface area contributed by atoms with Crippen LogP contribution in [0.15, 0.2) is 35.0 Å².